The number of ether oxygens (including phenoxy) is 1. The molecule has 4 aromatic carbocycles. The van der Waals surface area contributed by atoms with Gasteiger partial charge in [0.05, 0.1) is 17.2 Å². The number of sulfonamides is 1. The second kappa shape index (κ2) is 16.7. The van der Waals surface area contributed by atoms with Gasteiger partial charge in [0.25, 0.3) is 10.0 Å². The molecule has 1 aliphatic carbocycles. The molecule has 8 nitrogen and oxygen atoms in total. The third kappa shape index (κ3) is 9.17. The molecule has 5 rings (SSSR count). The quantitative estimate of drug-likeness (QED) is 0.154. The Labute approximate surface area is 288 Å². The number of nitrogens with zero attached hydrogens (tertiary/aromatic N) is 2. The monoisotopic (exact) mass is 687 g/mol. The molecule has 1 N–H and O–H groups in total. The summed E-state index contributed by atoms with van der Waals surface area (Å²) in [4.78, 5) is 30.4. The zero-order valence-corrected chi connectivity index (χ0v) is 28.7. The number of hydrogen-bond acceptors (Lipinski definition) is 5. The van der Waals surface area contributed by atoms with E-state index in [1.807, 2.05) is 49.4 Å². The molecule has 0 heterocycles. The first-order chi connectivity index (χ1) is 23.2. The maximum Gasteiger partial charge on any atom is 0.264 e. The molecule has 1 aliphatic rings. The molecule has 1 saturated carbocycles. The van der Waals surface area contributed by atoms with Crippen molar-refractivity contribution in [2.45, 2.75) is 69.0 Å². The lowest BCUT2D eigenvalue weighted by atomic mass is 9.94. The first-order valence-corrected chi connectivity index (χ1v) is 18.2. The summed E-state index contributed by atoms with van der Waals surface area (Å²) >= 11 is 6.19. The van der Waals surface area contributed by atoms with E-state index in [4.69, 9.17) is 16.3 Å². The van der Waals surface area contributed by atoms with Gasteiger partial charge in [0, 0.05) is 24.0 Å². The Morgan fingerprint density at radius 2 is 1.46 bits per heavy atom. The second-order valence-electron chi connectivity index (χ2n) is 11.9. The van der Waals surface area contributed by atoms with E-state index in [1.54, 1.807) is 54.6 Å². The van der Waals surface area contributed by atoms with Crippen molar-refractivity contribution in [1.82, 2.24) is 10.2 Å². The maximum absolute atomic E-state index is 14.7. The van der Waals surface area contributed by atoms with Gasteiger partial charge in [-0.3, -0.25) is 13.9 Å². The second-order valence-corrected chi connectivity index (χ2v) is 14.2. The molecule has 2 amide bonds. The number of hydrogen-bond donors (Lipinski definition) is 1. The highest BCUT2D eigenvalue weighted by molar-refractivity contribution is 7.92. The van der Waals surface area contributed by atoms with Gasteiger partial charge in [-0.05, 0) is 79.4 Å². The lowest BCUT2D eigenvalue weighted by Gasteiger charge is -2.35. The number of anilines is 1. The zero-order valence-electron chi connectivity index (χ0n) is 27.1. The molecule has 0 radical (unpaired) electrons. The van der Waals surface area contributed by atoms with E-state index >= 15 is 0 Å². The number of nitrogens with one attached hydrogen (secondary N) is 1. The molecular formula is C38H42ClN3O5S. The average molecular weight is 688 g/mol. The van der Waals surface area contributed by atoms with Gasteiger partial charge >= 0.3 is 0 Å². The fourth-order valence-corrected chi connectivity index (χ4v) is 7.57. The fourth-order valence-electron chi connectivity index (χ4n) is 6.01. The topological polar surface area (TPSA) is 96.0 Å². The summed E-state index contributed by atoms with van der Waals surface area (Å²) in [6.45, 7) is 1.87. The molecule has 0 saturated heterocycles. The Morgan fingerprint density at radius 1 is 0.833 bits per heavy atom. The van der Waals surface area contributed by atoms with Gasteiger partial charge < -0.3 is 15.0 Å². The molecular weight excluding hydrogens is 646 g/mol. The van der Waals surface area contributed by atoms with Crippen molar-refractivity contribution in [3.63, 3.8) is 0 Å². The number of rotatable bonds is 14. The van der Waals surface area contributed by atoms with E-state index in [-0.39, 0.29) is 29.8 Å². The highest BCUT2D eigenvalue weighted by Gasteiger charge is 2.35. The number of halogens is 1. The van der Waals surface area contributed by atoms with E-state index in [0.29, 0.717) is 23.1 Å². The van der Waals surface area contributed by atoms with E-state index in [2.05, 4.69) is 5.32 Å². The maximum atomic E-state index is 14.7. The highest BCUT2D eigenvalue weighted by atomic mass is 35.5. The van der Waals surface area contributed by atoms with Crippen LogP contribution in [0.3, 0.4) is 0 Å². The number of amides is 2. The van der Waals surface area contributed by atoms with Crippen molar-refractivity contribution >= 4 is 39.1 Å². The summed E-state index contributed by atoms with van der Waals surface area (Å²) in [6.07, 6.45) is 5.24. The van der Waals surface area contributed by atoms with Crippen LogP contribution >= 0.6 is 11.6 Å². The molecule has 0 aliphatic heterocycles. The molecule has 4 aromatic rings. The molecule has 0 aromatic heterocycles. The molecule has 0 unspecified atom stereocenters. The van der Waals surface area contributed by atoms with Crippen LogP contribution in [0, 0.1) is 0 Å². The normalized spacial score (nSPS) is 14.1. The standard InChI is InChI=1S/C38H42ClN3O5S/c1-2-47-34-24-22-33(23-25-34)42(48(45,46)35-16-10-5-11-17-35)28-37(43)41(27-30-18-20-31(39)21-19-30)36(26-29-12-6-3-7-13-29)38(44)40-32-14-8-4-9-15-32/h3,5-7,10-13,16-25,32,36H,2,4,8-9,14-15,26-28H2,1H3,(H,40,44)/t36-/m0/s1. The van der Waals surface area contributed by atoms with E-state index < -0.39 is 28.5 Å². The molecule has 10 heteroatoms. The van der Waals surface area contributed by atoms with Crippen molar-refractivity contribution in [1.29, 1.82) is 0 Å². The van der Waals surface area contributed by atoms with E-state index in [9.17, 15) is 18.0 Å². The molecule has 252 valence electrons. The van der Waals surface area contributed by atoms with Crippen LogP contribution in [-0.4, -0.2) is 50.4 Å². The van der Waals surface area contributed by atoms with Gasteiger partial charge in [-0.1, -0.05) is 91.5 Å². The summed E-state index contributed by atoms with van der Waals surface area (Å²) < 4.78 is 35.1. The van der Waals surface area contributed by atoms with Gasteiger partial charge in [-0.25, -0.2) is 8.42 Å². The lowest BCUT2D eigenvalue weighted by Crippen LogP contribution is -2.55. The first-order valence-electron chi connectivity index (χ1n) is 16.4. The van der Waals surface area contributed by atoms with Crippen LogP contribution in [0.1, 0.15) is 50.2 Å². The molecule has 0 bridgehead atoms. The number of carbonyl (C=O) groups excluding carboxylic acids is 2. The van der Waals surface area contributed by atoms with Gasteiger partial charge in [-0.15, -0.1) is 0 Å². The van der Waals surface area contributed by atoms with Gasteiger partial charge in [-0.2, -0.15) is 0 Å². The van der Waals surface area contributed by atoms with Crippen molar-refractivity contribution in [2.24, 2.45) is 0 Å². The van der Waals surface area contributed by atoms with Crippen LogP contribution in [0.4, 0.5) is 5.69 Å². The SMILES string of the molecule is CCOc1ccc(N(CC(=O)N(Cc2ccc(Cl)cc2)[C@@H](Cc2ccccc2)C(=O)NC2CCCCC2)S(=O)(=O)c2ccccc2)cc1. The van der Waals surface area contributed by atoms with Crippen molar-refractivity contribution in [3.05, 3.63) is 125 Å². The number of carbonyl (C=O) groups is 2. The Bertz CT molecular complexity index is 1730. The Hall–Kier alpha value is -4.34. The highest BCUT2D eigenvalue weighted by Crippen LogP contribution is 2.27. The third-order valence-corrected chi connectivity index (χ3v) is 10.6. The summed E-state index contributed by atoms with van der Waals surface area (Å²) in [5.41, 5.74) is 1.94. The summed E-state index contributed by atoms with van der Waals surface area (Å²) in [5, 5.41) is 3.77. The third-order valence-electron chi connectivity index (χ3n) is 8.53. The Balaban J connectivity index is 1.55. The van der Waals surface area contributed by atoms with E-state index in [1.165, 1.54) is 17.0 Å². The lowest BCUT2D eigenvalue weighted by molar-refractivity contribution is -0.140. The van der Waals surface area contributed by atoms with Crippen LogP contribution in [-0.2, 0) is 32.6 Å². The van der Waals surface area contributed by atoms with Crippen LogP contribution in [0.15, 0.2) is 114 Å². The average Bonchev–Trinajstić information content (AvgIpc) is 3.11. The molecule has 1 atom stereocenters. The summed E-state index contributed by atoms with van der Waals surface area (Å²) in [5.74, 6) is -0.194. The number of benzene rings is 4. The van der Waals surface area contributed by atoms with Crippen LogP contribution in [0.2, 0.25) is 5.02 Å². The van der Waals surface area contributed by atoms with Crippen molar-refractivity contribution in [3.8, 4) is 5.75 Å². The Morgan fingerprint density at radius 3 is 2.08 bits per heavy atom. The van der Waals surface area contributed by atoms with Gasteiger partial charge in [0.1, 0.15) is 18.3 Å². The summed E-state index contributed by atoms with van der Waals surface area (Å²) in [7, 11) is -4.19. The predicted octanol–water partition coefficient (Wildman–Crippen LogP) is 7.02. The predicted molar refractivity (Wildman–Crippen MR) is 190 cm³/mol. The largest absolute Gasteiger partial charge is 0.494 e. The first kappa shape index (κ1) is 35.0. The molecule has 48 heavy (non-hydrogen) atoms. The van der Waals surface area contributed by atoms with Crippen molar-refractivity contribution in [2.75, 3.05) is 17.5 Å². The zero-order chi connectivity index (χ0) is 33.9. The Kier molecular flexibility index (Phi) is 12.1. The molecule has 1 fully saturated rings. The van der Waals surface area contributed by atoms with Gasteiger partial charge in [0.2, 0.25) is 11.8 Å². The van der Waals surface area contributed by atoms with Crippen LogP contribution in [0.5, 0.6) is 5.75 Å². The minimum absolute atomic E-state index is 0.0239. The summed E-state index contributed by atoms with van der Waals surface area (Å²) in [6, 6.07) is 30.4. The van der Waals surface area contributed by atoms with Crippen LogP contribution < -0.4 is 14.4 Å². The van der Waals surface area contributed by atoms with Gasteiger partial charge in [0.15, 0.2) is 0 Å². The minimum Gasteiger partial charge on any atom is -0.494 e. The van der Waals surface area contributed by atoms with Crippen molar-refractivity contribution < 1.29 is 22.7 Å². The minimum atomic E-state index is -4.19. The van der Waals surface area contributed by atoms with Crippen LogP contribution in [0.25, 0.3) is 0 Å². The smallest absolute Gasteiger partial charge is 0.264 e. The molecule has 0 spiro atoms. The fraction of sp³-hybridized carbons (Fsp3) is 0.316. The van der Waals surface area contributed by atoms with E-state index in [0.717, 1.165) is 47.5 Å².